The van der Waals surface area contributed by atoms with Crippen LogP contribution in [0.25, 0.3) is 23.3 Å². The number of hydrogen-bond donors (Lipinski definition) is 2. The Bertz CT molecular complexity index is 722. The lowest BCUT2D eigenvalue weighted by molar-refractivity contribution is -0.140. The minimum absolute atomic E-state index is 0.520. The molecule has 2 aromatic carbocycles. The zero-order valence-electron chi connectivity index (χ0n) is 11.7. The van der Waals surface area contributed by atoms with Crippen LogP contribution >= 0.6 is 0 Å². The van der Waals surface area contributed by atoms with Crippen molar-refractivity contribution in [3.8, 4) is 11.1 Å². The number of carbonyl (C=O) groups is 2. The van der Waals surface area contributed by atoms with E-state index in [1.54, 1.807) is 18.2 Å². The Kier molecular flexibility index (Phi) is 4.53. The third-order valence-corrected chi connectivity index (χ3v) is 3.16. The topological polar surface area (TPSA) is 74.6 Å². The van der Waals surface area contributed by atoms with E-state index in [9.17, 15) is 9.59 Å². The summed E-state index contributed by atoms with van der Waals surface area (Å²) in [6.45, 7) is 3.70. The molecule has 0 saturated carbocycles. The molecule has 110 valence electrons. The number of carboxylic acid groups (broad SMARTS) is 2. The van der Waals surface area contributed by atoms with E-state index in [1.807, 2.05) is 36.4 Å². The van der Waals surface area contributed by atoms with E-state index in [4.69, 9.17) is 10.2 Å². The third-order valence-electron chi connectivity index (χ3n) is 3.16. The Labute approximate surface area is 127 Å². The Morgan fingerprint density at radius 3 is 1.55 bits per heavy atom. The van der Waals surface area contributed by atoms with Crippen molar-refractivity contribution in [3.63, 3.8) is 0 Å². The largest absolute Gasteiger partial charge is 0.477 e. The molecule has 2 rings (SSSR count). The molecular formula is C18H14O4. The first-order chi connectivity index (χ1) is 10.5. The molecule has 0 amide bonds. The van der Waals surface area contributed by atoms with Gasteiger partial charge in [-0.15, -0.1) is 0 Å². The first-order valence-electron chi connectivity index (χ1n) is 6.52. The standard InChI is InChI=1S/C18H14O4/c1-2-12-3-7-14(8-4-12)15-9-5-13(6-10-15)11-16(17(19)20)18(21)22/h2-11H,1H2,(H,19,20)(H,21,22). The van der Waals surface area contributed by atoms with E-state index in [2.05, 4.69) is 6.58 Å². The van der Waals surface area contributed by atoms with Crippen molar-refractivity contribution in [2.45, 2.75) is 0 Å². The highest BCUT2D eigenvalue weighted by Gasteiger charge is 2.15. The van der Waals surface area contributed by atoms with Crippen molar-refractivity contribution in [1.82, 2.24) is 0 Å². The monoisotopic (exact) mass is 294 g/mol. The molecule has 0 aliphatic heterocycles. The molecule has 0 aliphatic carbocycles. The normalized spacial score (nSPS) is 9.82. The van der Waals surface area contributed by atoms with Crippen LogP contribution in [0.15, 0.2) is 60.7 Å². The SMILES string of the molecule is C=Cc1ccc(-c2ccc(C=C(C(=O)O)C(=O)O)cc2)cc1. The predicted octanol–water partition coefficient (Wildman–Crippen LogP) is 3.55. The van der Waals surface area contributed by atoms with Crippen molar-refractivity contribution in [3.05, 3.63) is 71.8 Å². The van der Waals surface area contributed by atoms with Gasteiger partial charge in [-0.05, 0) is 28.3 Å². The van der Waals surface area contributed by atoms with Crippen molar-refractivity contribution >= 4 is 24.1 Å². The van der Waals surface area contributed by atoms with E-state index in [0.717, 1.165) is 22.8 Å². The fourth-order valence-electron chi connectivity index (χ4n) is 1.97. The smallest absolute Gasteiger partial charge is 0.343 e. The first kappa shape index (κ1) is 15.3. The Balaban J connectivity index is 2.29. The lowest BCUT2D eigenvalue weighted by Crippen LogP contribution is -2.10. The Morgan fingerprint density at radius 1 is 0.773 bits per heavy atom. The fourth-order valence-corrected chi connectivity index (χ4v) is 1.97. The molecular weight excluding hydrogens is 280 g/mol. The molecule has 2 N–H and O–H groups in total. The second-order valence-corrected chi connectivity index (χ2v) is 4.62. The van der Waals surface area contributed by atoms with Crippen LogP contribution in [0, 0.1) is 0 Å². The van der Waals surface area contributed by atoms with E-state index in [0.29, 0.717) is 5.56 Å². The van der Waals surface area contributed by atoms with Crippen LogP contribution in [-0.2, 0) is 9.59 Å². The number of benzene rings is 2. The fraction of sp³-hybridized carbons (Fsp3) is 0. The van der Waals surface area contributed by atoms with Crippen molar-refractivity contribution in [2.24, 2.45) is 0 Å². The second kappa shape index (κ2) is 6.54. The molecule has 0 heterocycles. The van der Waals surface area contributed by atoms with Gasteiger partial charge in [0, 0.05) is 0 Å². The van der Waals surface area contributed by atoms with Crippen LogP contribution in [0.2, 0.25) is 0 Å². The summed E-state index contributed by atoms with van der Waals surface area (Å²) in [5.41, 5.74) is 2.85. The van der Waals surface area contributed by atoms with Crippen molar-refractivity contribution in [2.75, 3.05) is 0 Å². The van der Waals surface area contributed by atoms with Crippen LogP contribution in [0.5, 0.6) is 0 Å². The molecule has 0 fully saturated rings. The summed E-state index contributed by atoms with van der Waals surface area (Å²) >= 11 is 0. The van der Waals surface area contributed by atoms with Gasteiger partial charge >= 0.3 is 11.9 Å². The molecule has 22 heavy (non-hydrogen) atoms. The number of aliphatic carboxylic acids is 2. The van der Waals surface area contributed by atoms with Gasteiger partial charge in [0.1, 0.15) is 5.57 Å². The predicted molar refractivity (Wildman–Crippen MR) is 85.2 cm³/mol. The quantitative estimate of drug-likeness (QED) is 0.502. The minimum Gasteiger partial charge on any atom is -0.477 e. The van der Waals surface area contributed by atoms with Gasteiger partial charge in [-0.3, -0.25) is 0 Å². The zero-order chi connectivity index (χ0) is 16.1. The van der Waals surface area contributed by atoms with Gasteiger partial charge in [0.15, 0.2) is 0 Å². The minimum atomic E-state index is -1.46. The van der Waals surface area contributed by atoms with Gasteiger partial charge in [0.2, 0.25) is 0 Å². The maximum absolute atomic E-state index is 10.8. The summed E-state index contributed by atoms with van der Waals surface area (Å²) in [7, 11) is 0. The summed E-state index contributed by atoms with van der Waals surface area (Å²) in [4.78, 5) is 21.7. The average Bonchev–Trinajstić information content (AvgIpc) is 2.52. The molecule has 4 nitrogen and oxygen atoms in total. The average molecular weight is 294 g/mol. The van der Waals surface area contributed by atoms with Crippen LogP contribution in [0.1, 0.15) is 11.1 Å². The molecule has 0 aromatic heterocycles. The van der Waals surface area contributed by atoms with Crippen LogP contribution in [-0.4, -0.2) is 22.2 Å². The lowest BCUT2D eigenvalue weighted by Gasteiger charge is -2.03. The lowest BCUT2D eigenvalue weighted by atomic mass is 10.0. The highest BCUT2D eigenvalue weighted by molar-refractivity contribution is 6.16. The summed E-state index contributed by atoms with van der Waals surface area (Å²) in [6, 6.07) is 14.8. The molecule has 0 saturated heterocycles. The Hall–Kier alpha value is -3.14. The zero-order valence-corrected chi connectivity index (χ0v) is 11.7. The molecule has 0 spiro atoms. The third kappa shape index (κ3) is 3.49. The number of hydrogen-bond acceptors (Lipinski definition) is 2. The molecule has 0 radical (unpaired) electrons. The Morgan fingerprint density at radius 2 is 1.18 bits per heavy atom. The number of carboxylic acids is 2. The molecule has 0 bridgehead atoms. The molecule has 0 unspecified atom stereocenters. The maximum Gasteiger partial charge on any atom is 0.343 e. The van der Waals surface area contributed by atoms with Crippen LogP contribution in [0.3, 0.4) is 0 Å². The summed E-state index contributed by atoms with van der Waals surface area (Å²) < 4.78 is 0. The van der Waals surface area contributed by atoms with E-state index in [1.165, 1.54) is 0 Å². The highest BCUT2D eigenvalue weighted by atomic mass is 16.4. The van der Waals surface area contributed by atoms with Crippen molar-refractivity contribution in [1.29, 1.82) is 0 Å². The molecule has 2 aromatic rings. The van der Waals surface area contributed by atoms with Gasteiger partial charge in [-0.25, -0.2) is 9.59 Å². The van der Waals surface area contributed by atoms with Gasteiger partial charge in [-0.1, -0.05) is 61.2 Å². The van der Waals surface area contributed by atoms with E-state index in [-0.39, 0.29) is 0 Å². The first-order valence-corrected chi connectivity index (χ1v) is 6.52. The van der Waals surface area contributed by atoms with E-state index < -0.39 is 17.5 Å². The van der Waals surface area contributed by atoms with Crippen LogP contribution < -0.4 is 0 Å². The van der Waals surface area contributed by atoms with Crippen LogP contribution in [0.4, 0.5) is 0 Å². The van der Waals surface area contributed by atoms with Gasteiger partial charge < -0.3 is 10.2 Å². The molecule has 0 atom stereocenters. The second-order valence-electron chi connectivity index (χ2n) is 4.62. The molecule has 4 heteroatoms. The van der Waals surface area contributed by atoms with Gasteiger partial charge in [0.05, 0.1) is 0 Å². The maximum atomic E-state index is 10.8. The summed E-state index contributed by atoms with van der Waals surface area (Å²) in [6.07, 6.45) is 2.90. The highest BCUT2D eigenvalue weighted by Crippen LogP contribution is 2.21. The van der Waals surface area contributed by atoms with Gasteiger partial charge in [-0.2, -0.15) is 0 Å². The van der Waals surface area contributed by atoms with Gasteiger partial charge in [0.25, 0.3) is 0 Å². The molecule has 0 aliphatic rings. The number of rotatable bonds is 5. The van der Waals surface area contributed by atoms with Crippen molar-refractivity contribution < 1.29 is 19.8 Å². The van der Waals surface area contributed by atoms with E-state index >= 15 is 0 Å². The summed E-state index contributed by atoms with van der Waals surface area (Å²) in [5, 5.41) is 17.7. The summed E-state index contributed by atoms with van der Waals surface area (Å²) in [5.74, 6) is -2.92.